The third kappa shape index (κ3) is 3.13. The van der Waals surface area contributed by atoms with Gasteiger partial charge in [0.1, 0.15) is 0 Å². The van der Waals surface area contributed by atoms with Crippen molar-refractivity contribution in [1.82, 2.24) is 19.3 Å². The molecule has 0 radical (unpaired) electrons. The van der Waals surface area contributed by atoms with Crippen LogP contribution in [0.25, 0.3) is 11.8 Å². The van der Waals surface area contributed by atoms with Gasteiger partial charge in [0.15, 0.2) is 5.78 Å². The van der Waals surface area contributed by atoms with Gasteiger partial charge in [-0.3, -0.25) is 9.48 Å². The molecule has 0 bridgehead atoms. The third-order valence-corrected chi connectivity index (χ3v) is 3.81. The lowest BCUT2D eigenvalue weighted by Gasteiger charge is -2.02. The van der Waals surface area contributed by atoms with Gasteiger partial charge in [-0.2, -0.15) is 5.10 Å². The van der Waals surface area contributed by atoms with E-state index in [2.05, 4.69) is 10.1 Å². The van der Waals surface area contributed by atoms with Crippen molar-refractivity contribution in [3.05, 3.63) is 72.1 Å². The zero-order valence-electron chi connectivity index (χ0n) is 13.2. The van der Waals surface area contributed by atoms with Crippen LogP contribution in [-0.2, 0) is 6.54 Å². The van der Waals surface area contributed by atoms with Gasteiger partial charge in [-0.05, 0) is 50.3 Å². The summed E-state index contributed by atoms with van der Waals surface area (Å²) in [4.78, 5) is 16.3. The van der Waals surface area contributed by atoms with Gasteiger partial charge in [-0.25, -0.2) is 4.98 Å². The predicted octanol–water partition coefficient (Wildman–Crippen LogP) is 3.29. The van der Waals surface area contributed by atoms with Crippen molar-refractivity contribution in [3.63, 3.8) is 0 Å². The molecule has 0 aliphatic heterocycles. The summed E-state index contributed by atoms with van der Waals surface area (Å²) in [6.45, 7) is 4.87. The van der Waals surface area contributed by atoms with Crippen LogP contribution in [0.2, 0.25) is 0 Å². The van der Waals surface area contributed by atoms with Gasteiger partial charge in [-0.1, -0.05) is 0 Å². The van der Waals surface area contributed by atoms with E-state index < -0.39 is 0 Å². The number of carbonyl (C=O) groups excluding carboxylic acids is 1. The van der Waals surface area contributed by atoms with Gasteiger partial charge in [0.2, 0.25) is 0 Å². The molecule has 5 heteroatoms. The minimum atomic E-state index is -0.0224. The van der Waals surface area contributed by atoms with E-state index in [1.165, 1.54) is 0 Å². The Balaban J connectivity index is 1.75. The number of rotatable bonds is 5. The Bertz CT molecular complexity index is 827. The normalized spacial score (nSPS) is 11.2. The molecule has 116 valence electrons. The van der Waals surface area contributed by atoms with Crippen molar-refractivity contribution >= 4 is 11.9 Å². The lowest BCUT2D eigenvalue weighted by molar-refractivity contribution is 0.104. The van der Waals surface area contributed by atoms with Crippen LogP contribution in [-0.4, -0.2) is 25.1 Å². The molecular formula is C18H18N4O. The van der Waals surface area contributed by atoms with Crippen LogP contribution in [0.3, 0.4) is 0 Å². The second kappa shape index (κ2) is 6.44. The fraction of sp³-hybridized carbons (Fsp3) is 0.167. The Kier molecular flexibility index (Phi) is 4.19. The molecule has 2 heterocycles. The predicted molar refractivity (Wildman–Crippen MR) is 89.6 cm³/mol. The Morgan fingerprint density at radius 1 is 1.26 bits per heavy atom. The third-order valence-electron chi connectivity index (χ3n) is 3.81. The maximum absolute atomic E-state index is 12.3. The molecule has 0 aliphatic carbocycles. The molecule has 23 heavy (non-hydrogen) atoms. The standard InChI is InChI=1S/C18H18N4O/c1-3-22-14(2)16(12-20-22)6-9-18(23)15-4-7-17(8-5-15)21-11-10-19-13-21/h4-13H,3H2,1-2H3/b9-6+. The minimum absolute atomic E-state index is 0.0224. The highest BCUT2D eigenvalue weighted by Gasteiger charge is 2.05. The Morgan fingerprint density at radius 3 is 2.65 bits per heavy atom. The Morgan fingerprint density at radius 2 is 2.04 bits per heavy atom. The number of carbonyl (C=O) groups is 1. The molecule has 5 nitrogen and oxygen atoms in total. The maximum Gasteiger partial charge on any atom is 0.185 e. The summed E-state index contributed by atoms with van der Waals surface area (Å²) in [6, 6.07) is 7.46. The number of aryl methyl sites for hydroxylation is 1. The fourth-order valence-corrected chi connectivity index (χ4v) is 2.41. The zero-order valence-corrected chi connectivity index (χ0v) is 13.2. The first kappa shape index (κ1) is 15.0. The topological polar surface area (TPSA) is 52.7 Å². The van der Waals surface area contributed by atoms with Crippen LogP contribution in [0.15, 0.2) is 55.3 Å². The summed E-state index contributed by atoms with van der Waals surface area (Å²) >= 11 is 0. The molecule has 0 atom stereocenters. The molecule has 0 saturated carbocycles. The van der Waals surface area contributed by atoms with E-state index in [9.17, 15) is 4.79 Å². The molecule has 3 aromatic rings. The summed E-state index contributed by atoms with van der Waals surface area (Å²) in [6.07, 6.45) is 10.5. The first-order valence-corrected chi connectivity index (χ1v) is 7.52. The molecular weight excluding hydrogens is 288 g/mol. The summed E-state index contributed by atoms with van der Waals surface area (Å²) in [7, 11) is 0. The Labute approximate surface area is 134 Å². The molecule has 0 amide bonds. The molecule has 0 unspecified atom stereocenters. The first-order chi connectivity index (χ1) is 11.2. The SMILES string of the molecule is CCn1ncc(/C=C/C(=O)c2ccc(-n3ccnc3)cc2)c1C. The highest BCUT2D eigenvalue weighted by atomic mass is 16.1. The second-order valence-corrected chi connectivity index (χ2v) is 5.22. The van der Waals surface area contributed by atoms with E-state index in [4.69, 9.17) is 0 Å². The van der Waals surface area contributed by atoms with Crippen molar-refractivity contribution in [2.24, 2.45) is 0 Å². The van der Waals surface area contributed by atoms with Gasteiger partial charge >= 0.3 is 0 Å². The molecule has 0 fully saturated rings. The van der Waals surface area contributed by atoms with Gasteiger partial charge in [0, 0.05) is 41.4 Å². The monoisotopic (exact) mass is 306 g/mol. The van der Waals surface area contributed by atoms with Crippen molar-refractivity contribution in [1.29, 1.82) is 0 Å². The van der Waals surface area contributed by atoms with Crippen molar-refractivity contribution in [2.75, 3.05) is 0 Å². The van der Waals surface area contributed by atoms with E-state index in [1.807, 2.05) is 59.6 Å². The van der Waals surface area contributed by atoms with E-state index in [0.717, 1.165) is 23.5 Å². The summed E-state index contributed by atoms with van der Waals surface area (Å²) in [5, 5.41) is 4.27. The zero-order chi connectivity index (χ0) is 16.2. The number of benzene rings is 1. The van der Waals surface area contributed by atoms with Gasteiger partial charge in [0.25, 0.3) is 0 Å². The molecule has 2 aromatic heterocycles. The van der Waals surface area contributed by atoms with Gasteiger partial charge in [0.05, 0.1) is 12.5 Å². The van der Waals surface area contributed by atoms with Gasteiger partial charge in [-0.15, -0.1) is 0 Å². The van der Waals surface area contributed by atoms with Crippen LogP contribution in [0.1, 0.15) is 28.5 Å². The van der Waals surface area contributed by atoms with Crippen molar-refractivity contribution in [2.45, 2.75) is 20.4 Å². The number of aromatic nitrogens is 4. The van der Waals surface area contributed by atoms with Crippen LogP contribution in [0.5, 0.6) is 0 Å². The maximum atomic E-state index is 12.3. The largest absolute Gasteiger partial charge is 0.306 e. The average Bonchev–Trinajstić information content (AvgIpc) is 3.23. The summed E-state index contributed by atoms with van der Waals surface area (Å²) in [5.74, 6) is -0.0224. The number of allylic oxidation sites excluding steroid dienone is 1. The highest BCUT2D eigenvalue weighted by Crippen LogP contribution is 2.13. The smallest absolute Gasteiger partial charge is 0.185 e. The number of nitrogens with zero attached hydrogens (tertiary/aromatic N) is 4. The van der Waals surface area contributed by atoms with Gasteiger partial charge < -0.3 is 4.57 Å². The Hall–Kier alpha value is -2.95. The number of hydrogen-bond acceptors (Lipinski definition) is 3. The van der Waals surface area contributed by atoms with E-state index in [1.54, 1.807) is 24.8 Å². The van der Waals surface area contributed by atoms with E-state index >= 15 is 0 Å². The molecule has 0 spiro atoms. The van der Waals surface area contributed by atoms with Crippen LogP contribution in [0.4, 0.5) is 0 Å². The molecule has 3 rings (SSSR count). The summed E-state index contributed by atoms with van der Waals surface area (Å²) in [5.41, 5.74) is 3.66. The van der Waals surface area contributed by atoms with Crippen LogP contribution >= 0.6 is 0 Å². The second-order valence-electron chi connectivity index (χ2n) is 5.22. The van der Waals surface area contributed by atoms with Crippen LogP contribution < -0.4 is 0 Å². The van der Waals surface area contributed by atoms with Crippen LogP contribution in [0, 0.1) is 6.92 Å². The summed E-state index contributed by atoms with van der Waals surface area (Å²) < 4.78 is 3.80. The number of ketones is 1. The fourth-order valence-electron chi connectivity index (χ4n) is 2.41. The lowest BCUT2D eigenvalue weighted by atomic mass is 10.1. The first-order valence-electron chi connectivity index (χ1n) is 7.52. The molecule has 0 aliphatic rings. The van der Waals surface area contributed by atoms with E-state index in [-0.39, 0.29) is 5.78 Å². The lowest BCUT2D eigenvalue weighted by Crippen LogP contribution is -1.98. The molecule has 1 aromatic carbocycles. The average molecular weight is 306 g/mol. The quantitative estimate of drug-likeness (QED) is 0.537. The number of hydrogen-bond donors (Lipinski definition) is 0. The highest BCUT2D eigenvalue weighted by molar-refractivity contribution is 6.06. The van der Waals surface area contributed by atoms with Crippen molar-refractivity contribution < 1.29 is 4.79 Å². The minimum Gasteiger partial charge on any atom is -0.306 e. The molecule has 0 saturated heterocycles. The van der Waals surface area contributed by atoms with Crippen molar-refractivity contribution in [3.8, 4) is 5.69 Å². The molecule has 0 N–H and O–H groups in total. The number of imidazole rings is 1. The van der Waals surface area contributed by atoms with E-state index in [0.29, 0.717) is 5.56 Å².